The monoisotopic (exact) mass is 174 g/mol. The van der Waals surface area contributed by atoms with Gasteiger partial charge >= 0.3 is 0 Å². The zero-order valence-corrected chi connectivity index (χ0v) is 7.43. The maximum absolute atomic E-state index is 3.45. The summed E-state index contributed by atoms with van der Waals surface area (Å²) in [6.45, 7) is 2.10. The first kappa shape index (κ1) is 7.15. The Bertz CT molecular complexity index is 442. The Balaban J connectivity index is 2.34. The second-order valence-corrected chi connectivity index (χ2v) is 3.55. The van der Waals surface area contributed by atoms with Gasteiger partial charge in [-0.25, -0.2) is 0 Å². The first-order chi connectivity index (χ1) is 6.45. The fourth-order valence-electron chi connectivity index (χ4n) is 2.12. The number of aromatic amines is 1. The molecular formula is C11H12N2. The average molecular weight is 174 g/mol. The van der Waals surface area contributed by atoms with Crippen LogP contribution < -0.4 is 5.32 Å². The van der Waals surface area contributed by atoms with Crippen molar-refractivity contribution in [1.82, 2.24) is 10.3 Å². The van der Waals surface area contributed by atoms with Crippen molar-refractivity contribution >= 4 is 10.9 Å². The van der Waals surface area contributed by atoms with E-state index in [1.165, 1.54) is 22.2 Å². The summed E-state index contributed by atoms with van der Waals surface area (Å²) in [6.07, 6.45) is 1.15. The van der Waals surface area contributed by atoms with Crippen LogP contribution in [0.4, 0.5) is 0 Å². The molecule has 0 bridgehead atoms. The van der Waals surface area contributed by atoms with Gasteiger partial charge in [-0.2, -0.15) is 0 Å². The Labute approximate surface area is 77.0 Å². The third-order valence-electron chi connectivity index (χ3n) is 2.76. The molecule has 1 aromatic heterocycles. The zero-order valence-electron chi connectivity index (χ0n) is 7.43. The van der Waals surface area contributed by atoms with Crippen LogP contribution in [0, 0.1) is 0 Å². The fourth-order valence-corrected chi connectivity index (χ4v) is 2.12. The van der Waals surface area contributed by atoms with Crippen molar-refractivity contribution in [3.8, 4) is 0 Å². The lowest BCUT2D eigenvalue weighted by Gasteiger charge is -2.12. The molecule has 1 aliphatic heterocycles. The van der Waals surface area contributed by atoms with E-state index >= 15 is 0 Å². The van der Waals surface area contributed by atoms with Crippen molar-refractivity contribution < 1.29 is 0 Å². The minimum absolute atomic E-state index is 0.990. The van der Waals surface area contributed by atoms with E-state index in [2.05, 4.69) is 34.6 Å². The highest BCUT2D eigenvalue weighted by Crippen LogP contribution is 2.24. The van der Waals surface area contributed by atoms with Crippen LogP contribution in [0.2, 0.25) is 0 Å². The van der Waals surface area contributed by atoms with Crippen LogP contribution in [0.1, 0.15) is 11.3 Å². The number of para-hydroxylation sites is 1. The van der Waals surface area contributed by atoms with Crippen LogP contribution in [0.5, 0.6) is 0 Å². The first-order valence-electron chi connectivity index (χ1n) is 4.74. The number of H-pyrrole nitrogens is 1. The number of fused-ring (bicyclic) bond motifs is 3. The third kappa shape index (κ3) is 0.988. The lowest BCUT2D eigenvalue weighted by Crippen LogP contribution is -2.22. The summed E-state index contributed by atoms with van der Waals surface area (Å²) in [4.78, 5) is 3.45. The van der Waals surface area contributed by atoms with Gasteiger partial charge in [-0.3, -0.25) is 0 Å². The average Bonchev–Trinajstić information content (AvgIpc) is 2.56. The van der Waals surface area contributed by atoms with Crippen molar-refractivity contribution in [2.75, 3.05) is 6.54 Å². The summed E-state index contributed by atoms with van der Waals surface area (Å²) in [5.74, 6) is 0. The standard InChI is InChI=1S/C11H12N2/c1-2-4-10-8(3-1)9-5-6-12-7-11(9)13-10/h1-4,12-13H,5-7H2/i7+2. The van der Waals surface area contributed by atoms with Crippen molar-refractivity contribution in [3.63, 3.8) is 0 Å². The van der Waals surface area contributed by atoms with E-state index in [-0.39, 0.29) is 0 Å². The van der Waals surface area contributed by atoms with E-state index in [0.29, 0.717) is 0 Å². The van der Waals surface area contributed by atoms with Gasteiger partial charge in [0.25, 0.3) is 0 Å². The molecule has 2 N–H and O–H groups in total. The van der Waals surface area contributed by atoms with Crippen LogP contribution >= 0.6 is 0 Å². The fraction of sp³-hybridized carbons (Fsp3) is 0.273. The van der Waals surface area contributed by atoms with Crippen molar-refractivity contribution in [1.29, 1.82) is 0 Å². The molecule has 2 nitrogen and oxygen atoms in total. The maximum Gasteiger partial charge on any atom is 0.0459 e. The van der Waals surface area contributed by atoms with Crippen LogP contribution in [0.3, 0.4) is 0 Å². The lowest BCUT2D eigenvalue weighted by atomic mass is 10.1. The molecule has 2 heteroatoms. The van der Waals surface area contributed by atoms with Crippen LogP contribution in [-0.2, 0) is 13.0 Å². The number of hydrogen-bond acceptors (Lipinski definition) is 1. The molecule has 1 aromatic carbocycles. The lowest BCUT2D eigenvalue weighted by molar-refractivity contribution is 0.637. The van der Waals surface area contributed by atoms with Gasteiger partial charge in [0.1, 0.15) is 0 Å². The van der Waals surface area contributed by atoms with Crippen molar-refractivity contribution in [3.05, 3.63) is 35.5 Å². The second kappa shape index (κ2) is 2.60. The second-order valence-electron chi connectivity index (χ2n) is 3.55. The van der Waals surface area contributed by atoms with Gasteiger partial charge in [-0.05, 0) is 24.6 Å². The highest BCUT2D eigenvalue weighted by Gasteiger charge is 2.13. The molecule has 0 spiro atoms. The van der Waals surface area contributed by atoms with E-state index < -0.39 is 0 Å². The van der Waals surface area contributed by atoms with E-state index in [1.54, 1.807) is 0 Å². The van der Waals surface area contributed by atoms with E-state index in [9.17, 15) is 0 Å². The summed E-state index contributed by atoms with van der Waals surface area (Å²) >= 11 is 0. The predicted molar refractivity (Wildman–Crippen MR) is 53.7 cm³/mol. The normalized spacial score (nSPS) is 16.0. The van der Waals surface area contributed by atoms with Gasteiger partial charge in [0.2, 0.25) is 0 Å². The molecule has 0 unspecified atom stereocenters. The summed E-state index contributed by atoms with van der Waals surface area (Å²) in [5.41, 5.74) is 4.15. The van der Waals surface area contributed by atoms with Gasteiger partial charge in [0, 0.05) is 23.1 Å². The smallest absolute Gasteiger partial charge is 0.0459 e. The largest absolute Gasteiger partial charge is 0.357 e. The van der Waals surface area contributed by atoms with Crippen molar-refractivity contribution in [2.24, 2.45) is 0 Å². The molecule has 0 radical (unpaired) electrons. The number of benzene rings is 1. The zero-order chi connectivity index (χ0) is 8.67. The Kier molecular flexibility index (Phi) is 1.43. The molecule has 66 valence electrons. The maximum atomic E-state index is 3.45. The molecule has 0 saturated carbocycles. The summed E-state index contributed by atoms with van der Waals surface area (Å²) in [7, 11) is 0. The van der Waals surface area contributed by atoms with Gasteiger partial charge in [0.05, 0.1) is 0 Å². The molecular weight excluding hydrogens is 162 g/mol. The summed E-state index contributed by atoms with van der Waals surface area (Å²) in [5, 5.41) is 4.77. The van der Waals surface area contributed by atoms with Gasteiger partial charge in [0.15, 0.2) is 0 Å². The van der Waals surface area contributed by atoms with Gasteiger partial charge in [-0.15, -0.1) is 0 Å². The molecule has 1 aliphatic rings. The predicted octanol–water partition coefficient (Wildman–Crippen LogP) is 1.81. The summed E-state index contributed by atoms with van der Waals surface area (Å²) in [6, 6.07) is 8.54. The minimum Gasteiger partial charge on any atom is -0.357 e. The van der Waals surface area contributed by atoms with E-state index in [0.717, 1.165) is 19.5 Å². The molecule has 0 saturated heterocycles. The Morgan fingerprint density at radius 1 is 1.23 bits per heavy atom. The number of nitrogens with one attached hydrogen (secondary N) is 2. The molecule has 0 fully saturated rings. The minimum atomic E-state index is 0.990. The van der Waals surface area contributed by atoms with Gasteiger partial charge < -0.3 is 10.3 Å². The number of hydrogen-bond donors (Lipinski definition) is 2. The summed E-state index contributed by atoms with van der Waals surface area (Å²) < 4.78 is 0. The number of aromatic nitrogens is 1. The quantitative estimate of drug-likeness (QED) is 0.626. The van der Waals surface area contributed by atoms with Gasteiger partial charge in [-0.1, -0.05) is 18.2 Å². The van der Waals surface area contributed by atoms with Crippen molar-refractivity contribution in [2.45, 2.75) is 13.0 Å². The molecule has 0 aliphatic carbocycles. The highest BCUT2D eigenvalue weighted by molar-refractivity contribution is 5.84. The Morgan fingerprint density at radius 3 is 3.15 bits per heavy atom. The topological polar surface area (TPSA) is 27.8 Å². The molecule has 13 heavy (non-hydrogen) atoms. The highest BCUT2D eigenvalue weighted by atomic mass is 15.4. The number of rotatable bonds is 0. The molecule has 0 atom stereocenters. The Morgan fingerprint density at radius 2 is 2.15 bits per heavy atom. The van der Waals surface area contributed by atoms with Crippen LogP contribution in [0.15, 0.2) is 24.3 Å². The van der Waals surface area contributed by atoms with Crippen LogP contribution in [-0.4, -0.2) is 11.5 Å². The molecule has 0 amide bonds. The molecule has 2 heterocycles. The first-order valence-corrected chi connectivity index (χ1v) is 4.74. The van der Waals surface area contributed by atoms with E-state index in [1.807, 2.05) is 0 Å². The van der Waals surface area contributed by atoms with Crippen LogP contribution in [0.25, 0.3) is 10.9 Å². The Hall–Kier alpha value is -1.28. The molecule has 3 rings (SSSR count). The van der Waals surface area contributed by atoms with E-state index in [4.69, 9.17) is 0 Å². The molecule has 2 aromatic rings. The SMILES string of the molecule is c1ccc2c3c([nH]c2c1)[14CH2]NCC3. The third-order valence-corrected chi connectivity index (χ3v) is 2.76.